The maximum atomic E-state index is 12.3. The highest BCUT2D eigenvalue weighted by molar-refractivity contribution is 6.30. The fourth-order valence-electron chi connectivity index (χ4n) is 1.77. The minimum absolute atomic E-state index is 0.116. The van der Waals surface area contributed by atoms with Crippen LogP contribution in [0.5, 0.6) is 11.5 Å². The molecule has 0 aliphatic carbocycles. The van der Waals surface area contributed by atoms with E-state index < -0.39 is 18.6 Å². The first-order valence-electron chi connectivity index (χ1n) is 6.72. The van der Waals surface area contributed by atoms with Crippen LogP contribution >= 0.6 is 11.6 Å². The summed E-state index contributed by atoms with van der Waals surface area (Å²) in [5, 5.41) is 3.05. The van der Waals surface area contributed by atoms with E-state index in [9.17, 15) is 13.6 Å². The minimum atomic E-state index is -2.98. The smallest absolute Gasteiger partial charge is 0.387 e. The number of amides is 1. The average molecular weight is 342 g/mol. The van der Waals surface area contributed by atoms with Gasteiger partial charge in [0.25, 0.3) is 5.91 Å². The summed E-state index contributed by atoms with van der Waals surface area (Å²) in [6.45, 7) is -1.43. The van der Waals surface area contributed by atoms with Crippen molar-refractivity contribution in [1.82, 2.24) is 0 Å². The van der Waals surface area contributed by atoms with Crippen molar-refractivity contribution in [3.8, 4) is 11.5 Å². The Morgan fingerprint density at radius 2 is 1.74 bits per heavy atom. The van der Waals surface area contributed by atoms with Gasteiger partial charge in [-0.2, -0.15) is 8.78 Å². The van der Waals surface area contributed by atoms with E-state index in [2.05, 4.69) is 10.1 Å². The zero-order chi connectivity index (χ0) is 16.8. The molecule has 7 heteroatoms. The van der Waals surface area contributed by atoms with Crippen molar-refractivity contribution in [1.29, 1.82) is 0 Å². The first kappa shape index (κ1) is 17.0. The molecule has 0 heterocycles. The zero-order valence-corrected chi connectivity index (χ0v) is 12.9. The number of anilines is 1. The van der Waals surface area contributed by atoms with Crippen LogP contribution in [0.1, 0.15) is 6.92 Å². The second-order valence-electron chi connectivity index (χ2n) is 4.58. The van der Waals surface area contributed by atoms with Gasteiger partial charge in [0.05, 0.1) is 5.69 Å². The molecular weight excluding hydrogens is 328 g/mol. The predicted molar refractivity (Wildman–Crippen MR) is 83.2 cm³/mol. The molecular formula is C16H14ClF2NO3. The summed E-state index contributed by atoms with van der Waals surface area (Å²) in [5.74, 6) is -0.144. The monoisotopic (exact) mass is 341 g/mol. The summed E-state index contributed by atoms with van der Waals surface area (Å²) in [6.07, 6.45) is -0.837. The lowest BCUT2D eigenvalue weighted by Gasteiger charge is -2.16. The molecule has 0 aliphatic rings. The van der Waals surface area contributed by atoms with E-state index in [1.54, 1.807) is 37.3 Å². The molecule has 4 nitrogen and oxygen atoms in total. The Kier molecular flexibility index (Phi) is 5.76. The minimum Gasteiger partial charge on any atom is -0.481 e. The summed E-state index contributed by atoms with van der Waals surface area (Å²) in [5.41, 5.74) is 0.143. The largest absolute Gasteiger partial charge is 0.481 e. The standard InChI is InChI=1S/C16H14ClF2NO3/c1-10(22-12-8-6-11(17)7-9-12)15(21)20-13-4-2-3-5-14(13)23-16(18)19/h2-10,16H,1H3,(H,20,21)/t10-/m1/s1. The van der Waals surface area contributed by atoms with E-state index in [4.69, 9.17) is 16.3 Å². The van der Waals surface area contributed by atoms with Crippen LogP contribution in [0.2, 0.25) is 5.02 Å². The van der Waals surface area contributed by atoms with Crippen LogP contribution in [0.4, 0.5) is 14.5 Å². The highest BCUT2D eigenvalue weighted by Crippen LogP contribution is 2.26. The van der Waals surface area contributed by atoms with Crippen LogP contribution in [-0.2, 0) is 4.79 Å². The van der Waals surface area contributed by atoms with Gasteiger partial charge in [-0.25, -0.2) is 0 Å². The van der Waals surface area contributed by atoms with Crippen LogP contribution in [0.25, 0.3) is 0 Å². The predicted octanol–water partition coefficient (Wildman–Crippen LogP) is 4.35. The van der Waals surface area contributed by atoms with Crippen molar-refractivity contribution in [2.75, 3.05) is 5.32 Å². The van der Waals surface area contributed by atoms with E-state index in [0.29, 0.717) is 10.8 Å². The van der Waals surface area contributed by atoms with Crippen LogP contribution in [0.3, 0.4) is 0 Å². The lowest BCUT2D eigenvalue weighted by molar-refractivity contribution is -0.122. The zero-order valence-electron chi connectivity index (χ0n) is 12.1. The van der Waals surface area contributed by atoms with Crippen molar-refractivity contribution >= 4 is 23.2 Å². The maximum Gasteiger partial charge on any atom is 0.387 e. The summed E-state index contributed by atoms with van der Waals surface area (Å²) in [7, 11) is 0. The Labute approximate surface area is 137 Å². The topological polar surface area (TPSA) is 47.6 Å². The van der Waals surface area contributed by atoms with Gasteiger partial charge in [-0.1, -0.05) is 23.7 Å². The Hall–Kier alpha value is -2.34. The fourth-order valence-corrected chi connectivity index (χ4v) is 1.90. The number of rotatable bonds is 6. The van der Waals surface area contributed by atoms with Crippen molar-refractivity contribution in [3.63, 3.8) is 0 Å². The summed E-state index contributed by atoms with van der Waals surface area (Å²) in [4.78, 5) is 12.1. The Bertz CT molecular complexity index is 665. The molecule has 1 atom stereocenters. The lowest BCUT2D eigenvalue weighted by Crippen LogP contribution is -2.30. The molecule has 1 N–H and O–H groups in total. The van der Waals surface area contributed by atoms with Gasteiger partial charge in [0.15, 0.2) is 6.10 Å². The maximum absolute atomic E-state index is 12.3. The number of nitrogens with one attached hydrogen (secondary N) is 1. The molecule has 0 fully saturated rings. The van der Waals surface area contributed by atoms with Gasteiger partial charge in [0, 0.05) is 5.02 Å². The summed E-state index contributed by atoms with van der Waals surface area (Å²) < 4.78 is 34.5. The van der Waals surface area contributed by atoms with E-state index in [1.807, 2.05) is 0 Å². The van der Waals surface area contributed by atoms with Gasteiger partial charge in [-0.05, 0) is 43.3 Å². The first-order chi connectivity index (χ1) is 11.0. The molecule has 23 heavy (non-hydrogen) atoms. The number of carbonyl (C=O) groups excluding carboxylic acids is 1. The van der Waals surface area contributed by atoms with E-state index in [0.717, 1.165) is 0 Å². The highest BCUT2D eigenvalue weighted by atomic mass is 35.5. The van der Waals surface area contributed by atoms with E-state index >= 15 is 0 Å². The number of para-hydroxylation sites is 2. The average Bonchev–Trinajstić information content (AvgIpc) is 2.51. The Balaban J connectivity index is 2.02. The number of alkyl halides is 2. The summed E-state index contributed by atoms with van der Waals surface area (Å²) >= 11 is 5.77. The van der Waals surface area contributed by atoms with E-state index in [-0.39, 0.29) is 11.4 Å². The molecule has 2 aromatic carbocycles. The number of hydrogen-bond donors (Lipinski definition) is 1. The van der Waals surface area contributed by atoms with Crippen LogP contribution in [-0.4, -0.2) is 18.6 Å². The Morgan fingerprint density at radius 3 is 2.39 bits per heavy atom. The van der Waals surface area contributed by atoms with Crippen LogP contribution in [0, 0.1) is 0 Å². The molecule has 0 aromatic heterocycles. The molecule has 0 bridgehead atoms. The van der Waals surface area contributed by atoms with Gasteiger partial charge in [-0.15, -0.1) is 0 Å². The third-order valence-electron chi connectivity index (χ3n) is 2.86. The second-order valence-corrected chi connectivity index (χ2v) is 5.01. The lowest BCUT2D eigenvalue weighted by atomic mass is 10.2. The first-order valence-corrected chi connectivity index (χ1v) is 7.10. The van der Waals surface area contributed by atoms with E-state index in [1.165, 1.54) is 18.2 Å². The fraction of sp³-hybridized carbons (Fsp3) is 0.188. The second kappa shape index (κ2) is 7.78. The normalized spacial score (nSPS) is 11.9. The van der Waals surface area contributed by atoms with Gasteiger partial charge in [-0.3, -0.25) is 4.79 Å². The van der Waals surface area contributed by atoms with Gasteiger partial charge in [0.1, 0.15) is 11.5 Å². The third kappa shape index (κ3) is 5.10. The highest BCUT2D eigenvalue weighted by Gasteiger charge is 2.17. The third-order valence-corrected chi connectivity index (χ3v) is 3.11. The quantitative estimate of drug-likeness (QED) is 0.849. The number of ether oxygens (including phenoxy) is 2. The van der Waals surface area contributed by atoms with Gasteiger partial charge < -0.3 is 14.8 Å². The molecule has 0 spiro atoms. The Morgan fingerprint density at radius 1 is 1.09 bits per heavy atom. The number of hydrogen-bond acceptors (Lipinski definition) is 3. The molecule has 0 radical (unpaired) electrons. The number of halogens is 3. The molecule has 122 valence electrons. The number of benzene rings is 2. The van der Waals surface area contributed by atoms with Crippen molar-refractivity contribution in [3.05, 3.63) is 53.6 Å². The SMILES string of the molecule is C[C@@H](Oc1ccc(Cl)cc1)C(=O)Nc1ccccc1OC(F)F. The van der Waals surface area contributed by atoms with Crippen LogP contribution in [0.15, 0.2) is 48.5 Å². The summed E-state index contributed by atoms with van der Waals surface area (Å²) in [6, 6.07) is 12.4. The molecule has 2 aromatic rings. The van der Waals surface area contributed by atoms with Crippen molar-refractivity contribution in [2.45, 2.75) is 19.6 Å². The number of carbonyl (C=O) groups is 1. The molecule has 0 saturated carbocycles. The van der Waals surface area contributed by atoms with Gasteiger partial charge >= 0.3 is 6.61 Å². The van der Waals surface area contributed by atoms with Crippen LogP contribution < -0.4 is 14.8 Å². The van der Waals surface area contributed by atoms with Crippen molar-refractivity contribution in [2.24, 2.45) is 0 Å². The molecule has 1 amide bonds. The molecule has 0 unspecified atom stereocenters. The molecule has 0 saturated heterocycles. The van der Waals surface area contributed by atoms with Gasteiger partial charge in [0.2, 0.25) is 0 Å². The molecule has 0 aliphatic heterocycles. The van der Waals surface area contributed by atoms with Crippen molar-refractivity contribution < 1.29 is 23.0 Å². The molecule has 2 rings (SSSR count).